The van der Waals surface area contributed by atoms with Crippen LogP contribution in [0.4, 0.5) is 17.3 Å². The van der Waals surface area contributed by atoms with E-state index in [0.29, 0.717) is 23.6 Å². The van der Waals surface area contributed by atoms with E-state index in [9.17, 15) is 10.1 Å². The molecule has 0 bridgehead atoms. The van der Waals surface area contributed by atoms with Crippen LogP contribution < -0.4 is 10.6 Å². The molecule has 2 unspecified atom stereocenters. The van der Waals surface area contributed by atoms with Crippen molar-refractivity contribution in [2.45, 2.75) is 32.2 Å². The standard InChI is InChI=1S/C12H18N4O2/c1-3-4-8-7-9(8)14-12-10(16(17)18)5-6-11(13-2)15-12/h5-6,8-9H,3-4,7H2,1-2H3,(H2,13,14,15). The second-order valence-electron chi connectivity index (χ2n) is 4.61. The zero-order chi connectivity index (χ0) is 13.1. The van der Waals surface area contributed by atoms with Gasteiger partial charge in [-0.05, 0) is 24.8 Å². The topological polar surface area (TPSA) is 80.1 Å². The Bertz CT molecular complexity index is 450. The highest BCUT2D eigenvalue weighted by Crippen LogP contribution is 2.38. The molecule has 1 heterocycles. The lowest BCUT2D eigenvalue weighted by atomic mass is 10.2. The maximum atomic E-state index is 10.9. The Labute approximate surface area is 106 Å². The molecule has 0 amide bonds. The van der Waals surface area contributed by atoms with Gasteiger partial charge in [-0.3, -0.25) is 10.1 Å². The fraction of sp³-hybridized carbons (Fsp3) is 0.583. The van der Waals surface area contributed by atoms with Crippen LogP contribution in [0, 0.1) is 16.0 Å². The van der Waals surface area contributed by atoms with Crippen molar-refractivity contribution < 1.29 is 4.92 Å². The van der Waals surface area contributed by atoms with Gasteiger partial charge < -0.3 is 10.6 Å². The Morgan fingerprint density at radius 1 is 1.56 bits per heavy atom. The Morgan fingerprint density at radius 2 is 2.33 bits per heavy atom. The van der Waals surface area contributed by atoms with Crippen molar-refractivity contribution in [2.24, 2.45) is 5.92 Å². The number of hydrogen-bond acceptors (Lipinski definition) is 5. The minimum absolute atomic E-state index is 0.0381. The van der Waals surface area contributed by atoms with E-state index in [1.807, 2.05) is 0 Å². The second kappa shape index (κ2) is 5.20. The molecule has 0 saturated heterocycles. The second-order valence-corrected chi connectivity index (χ2v) is 4.61. The summed E-state index contributed by atoms with van der Waals surface area (Å²) in [5, 5.41) is 17.0. The molecule has 6 nitrogen and oxygen atoms in total. The van der Waals surface area contributed by atoms with Gasteiger partial charge in [0.1, 0.15) is 5.82 Å². The molecule has 1 fully saturated rings. The molecule has 1 aromatic rings. The van der Waals surface area contributed by atoms with Gasteiger partial charge in [0.15, 0.2) is 0 Å². The molecule has 6 heteroatoms. The summed E-state index contributed by atoms with van der Waals surface area (Å²) in [7, 11) is 1.74. The lowest BCUT2D eigenvalue weighted by molar-refractivity contribution is -0.384. The van der Waals surface area contributed by atoms with Crippen molar-refractivity contribution in [3.63, 3.8) is 0 Å². The molecule has 0 radical (unpaired) electrons. The van der Waals surface area contributed by atoms with Gasteiger partial charge in [-0.2, -0.15) is 0 Å². The highest BCUT2D eigenvalue weighted by Gasteiger charge is 2.37. The summed E-state index contributed by atoms with van der Waals surface area (Å²) in [5.41, 5.74) is 0.0381. The van der Waals surface area contributed by atoms with Gasteiger partial charge in [0, 0.05) is 19.2 Å². The molecule has 0 aromatic carbocycles. The van der Waals surface area contributed by atoms with Crippen LogP contribution in [0.15, 0.2) is 12.1 Å². The average Bonchev–Trinajstić information content (AvgIpc) is 3.07. The molecule has 1 aliphatic carbocycles. The predicted octanol–water partition coefficient (Wildman–Crippen LogP) is 2.63. The summed E-state index contributed by atoms with van der Waals surface area (Å²) in [6, 6.07) is 3.43. The molecule has 2 atom stereocenters. The molecule has 0 aliphatic heterocycles. The van der Waals surface area contributed by atoms with Gasteiger partial charge >= 0.3 is 5.69 Å². The third kappa shape index (κ3) is 2.69. The molecule has 0 spiro atoms. The molecule has 1 aliphatic rings. The van der Waals surface area contributed by atoms with Gasteiger partial charge in [0.2, 0.25) is 5.82 Å². The van der Waals surface area contributed by atoms with Crippen LogP contribution in [0.5, 0.6) is 0 Å². The number of pyridine rings is 1. The van der Waals surface area contributed by atoms with Crippen LogP contribution in [-0.2, 0) is 0 Å². The van der Waals surface area contributed by atoms with Crippen LogP contribution in [0.25, 0.3) is 0 Å². The van der Waals surface area contributed by atoms with Gasteiger partial charge in [0.25, 0.3) is 0 Å². The highest BCUT2D eigenvalue weighted by atomic mass is 16.6. The SMILES string of the molecule is CCCC1CC1Nc1nc(NC)ccc1[N+](=O)[O-]. The van der Waals surface area contributed by atoms with E-state index in [1.165, 1.54) is 6.07 Å². The lowest BCUT2D eigenvalue weighted by Gasteiger charge is -2.07. The molecule has 1 saturated carbocycles. The number of nitrogens with zero attached hydrogens (tertiary/aromatic N) is 2. The van der Waals surface area contributed by atoms with Crippen molar-refractivity contribution in [3.05, 3.63) is 22.2 Å². The number of hydrogen-bond donors (Lipinski definition) is 2. The first kappa shape index (κ1) is 12.6. The Kier molecular flexibility index (Phi) is 3.64. The lowest BCUT2D eigenvalue weighted by Crippen LogP contribution is -2.09. The van der Waals surface area contributed by atoms with Gasteiger partial charge in [-0.1, -0.05) is 13.3 Å². The molecule has 1 aromatic heterocycles. The Balaban J connectivity index is 2.12. The van der Waals surface area contributed by atoms with Crippen LogP contribution in [0.2, 0.25) is 0 Å². The Morgan fingerprint density at radius 3 is 2.94 bits per heavy atom. The van der Waals surface area contributed by atoms with E-state index >= 15 is 0 Å². The predicted molar refractivity (Wildman–Crippen MR) is 70.9 cm³/mol. The fourth-order valence-corrected chi connectivity index (χ4v) is 2.13. The van der Waals surface area contributed by atoms with Crippen molar-refractivity contribution in [3.8, 4) is 0 Å². The molecule has 18 heavy (non-hydrogen) atoms. The molecular formula is C12H18N4O2. The zero-order valence-corrected chi connectivity index (χ0v) is 10.6. The first-order valence-corrected chi connectivity index (χ1v) is 6.25. The van der Waals surface area contributed by atoms with Crippen LogP contribution in [0.1, 0.15) is 26.2 Å². The summed E-state index contributed by atoms with van der Waals surface area (Å²) in [6.07, 6.45) is 3.39. The normalized spacial score (nSPS) is 21.4. The number of aromatic nitrogens is 1. The van der Waals surface area contributed by atoms with Gasteiger partial charge in [-0.25, -0.2) is 4.98 Å². The van der Waals surface area contributed by atoms with Gasteiger partial charge in [0.05, 0.1) is 4.92 Å². The number of rotatable bonds is 6. The van der Waals surface area contributed by atoms with Crippen LogP contribution in [0.3, 0.4) is 0 Å². The van der Waals surface area contributed by atoms with Crippen molar-refractivity contribution in [1.29, 1.82) is 0 Å². The third-order valence-corrected chi connectivity index (χ3v) is 3.23. The van der Waals surface area contributed by atoms with Crippen molar-refractivity contribution >= 4 is 17.3 Å². The number of anilines is 2. The summed E-state index contributed by atoms with van der Waals surface area (Å²) in [6.45, 7) is 2.15. The van der Waals surface area contributed by atoms with E-state index in [0.717, 1.165) is 19.3 Å². The van der Waals surface area contributed by atoms with Crippen molar-refractivity contribution in [2.75, 3.05) is 17.7 Å². The average molecular weight is 250 g/mol. The number of nitro groups is 1. The molecule has 98 valence electrons. The highest BCUT2D eigenvalue weighted by molar-refractivity contribution is 5.61. The summed E-state index contributed by atoms with van der Waals surface area (Å²) in [5.74, 6) is 1.64. The summed E-state index contributed by atoms with van der Waals surface area (Å²) >= 11 is 0. The van der Waals surface area contributed by atoms with E-state index in [-0.39, 0.29) is 5.69 Å². The maximum Gasteiger partial charge on any atom is 0.311 e. The Hall–Kier alpha value is -1.85. The quantitative estimate of drug-likeness (QED) is 0.599. The summed E-state index contributed by atoms with van der Waals surface area (Å²) < 4.78 is 0. The van der Waals surface area contributed by atoms with E-state index < -0.39 is 4.92 Å². The minimum Gasteiger partial charge on any atom is -0.373 e. The third-order valence-electron chi connectivity index (χ3n) is 3.23. The van der Waals surface area contributed by atoms with E-state index in [1.54, 1.807) is 13.1 Å². The summed E-state index contributed by atoms with van der Waals surface area (Å²) in [4.78, 5) is 14.8. The maximum absolute atomic E-state index is 10.9. The van der Waals surface area contributed by atoms with E-state index in [4.69, 9.17) is 0 Å². The van der Waals surface area contributed by atoms with E-state index in [2.05, 4.69) is 22.5 Å². The largest absolute Gasteiger partial charge is 0.373 e. The zero-order valence-electron chi connectivity index (χ0n) is 10.6. The minimum atomic E-state index is -0.397. The molecule has 2 N–H and O–H groups in total. The van der Waals surface area contributed by atoms with Crippen molar-refractivity contribution in [1.82, 2.24) is 4.98 Å². The molecule has 2 rings (SSSR count). The first-order valence-electron chi connectivity index (χ1n) is 6.25. The smallest absolute Gasteiger partial charge is 0.311 e. The monoisotopic (exact) mass is 250 g/mol. The van der Waals surface area contributed by atoms with Crippen LogP contribution in [-0.4, -0.2) is 23.0 Å². The number of nitrogens with one attached hydrogen (secondary N) is 2. The fourth-order valence-electron chi connectivity index (χ4n) is 2.13. The molecular weight excluding hydrogens is 232 g/mol. The van der Waals surface area contributed by atoms with Crippen LogP contribution >= 0.6 is 0 Å². The first-order chi connectivity index (χ1) is 8.65. The van der Waals surface area contributed by atoms with Gasteiger partial charge in [-0.15, -0.1) is 0 Å².